The minimum atomic E-state index is -4.19. The van der Waals surface area contributed by atoms with Gasteiger partial charge in [0.1, 0.15) is 28.0 Å². The monoisotopic (exact) mass is 532 g/mol. The third-order valence-electron chi connectivity index (χ3n) is 4.06. The Morgan fingerprint density at radius 3 is 2.38 bits per heavy atom. The highest BCUT2D eigenvalue weighted by Gasteiger charge is 2.19. The number of amides is 1. The Morgan fingerprint density at radius 1 is 1.09 bits per heavy atom. The molecule has 32 heavy (non-hydrogen) atoms. The minimum Gasteiger partial charge on any atom is -0.508 e. The Hall–Kier alpha value is -3.32. The number of hydrogen-bond donors (Lipinski definition) is 2. The molecule has 0 spiro atoms. The minimum absolute atomic E-state index is 0.0249. The topological polar surface area (TPSA) is 116 Å². The number of carbonyl (C=O) groups is 1. The SMILES string of the molecule is N#C/C(=C\c1cc(Br)ccc1OS(=O)(=O)c1ccc(Cl)cc1)C(=O)Nc1ccc(O)cc1. The Labute approximate surface area is 197 Å². The van der Waals surface area contributed by atoms with Gasteiger partial charge in [-0.3, -0.25) is 4.79 Å². The number of benzene rings is 3. The van der Waals surface area contributed by atoms with Gasteiger partial charge >= 0.3 is 10.1 Å². The Bertz CT molecular complexity index is 1330. The number of nitrogens with one attached hydrogen (secondary N) is 1. The summed E-state index contributed by atoms with van der Waals surface area (Å²) < 4.78 is 31.1. The summed E-state index contributed by atoms with van der Waals surface area (Å²) in [6.45, 7) is 0. The number of carbonyl (C=O) groups excluding carboxylic acids is 1. The summed E-state index contributed by atoms with van der Waals surface area (Å²) in [5, 5.41) is 21.7. The highest BCUT2D eigenvalue weighted by Crippen LogP contribution is 2.29. The Morgan fingerprint density at radius 2 is 1.75 bits per heavy atom. The van der Waals surface area contributed by atoms with Gasteiger partial charge < -0.3 is 14.6 Å². The van der Waals surface area contributed by atoms with Crippen LogP contribution >= 0.6 is 27.5 Å². The van der Waals surface area contributed by atoms with Crippen molar-refractivity contribution in [2.45, 2.75) is 4.90 Å². The van der Waals surface area contributed by atoms with Gasteiger partial charge in [0.05, 0.1) is 0 Å². The maximum Gasteiger partial charge on any atom is 0.339 e. The first-order valence-corrected chi connectivity index (χ1v) is 11.5. The van der Waals surface area contributed by atoms with Crippen molar-refractivity contribution < 1.29 is 22.5 Å². The fraction of sp³-hybridized carbons (Fsp3) is 0. The number of hydrogen-bond acceptors (Lipinski definition) is 6. The normalized spacial score (nSPS) is 11.5. The van der Waals surface area contributed by atoms with Crippen molar-refractivity contribution in [3.05, 3.63) is 87.4 Å². The average molecular weight is 534 g/mol. The maximum absolute atomic E-state index is 12.6. The third-order valence-corrected chi connectivity index (χ3v) is 6.06. The van der Waals surface area contributed by atoms with Crippen molar-refractivity contribution in [2.75, 3.05) is 5.32 Å². The van der Waals surface area contributed by atoms with Crippen LogP contribution in [0.25, 0.3) is 6.08 Å². The first-order chi connectivity index (χ1) is 15.2. The molecule has 0 aliphatic rings. The molecule has 0 saturated heterocycles. The first kappa shape index (κ1) is 23.3. The molecule has 0 atom stereocenters. The maximum atomic E-state index is 12.6. The Balaban J connectivity index is 1.93. The van der Waals surface area contributed by atoms with Crippen molar-refractivity contribution >= 4 is 55.3 Å². The number of nitriles is 1. The van der Waals surface area contributed by atoms with E-state index in [0.717, 1.165) is 0 Å². The number of phenols is 1. The zero-order valence-corrected chi connectivity index (χ0v) is 19.3. The van der Waals surface area contributed by atoms with Crippen LogP contribution in [0.5, 0.6) is 11.5 Å². The van der Waals surface area contributed by atoms with E-state index in [-0.39, 0.29) is 27.5 Å². The molecule has 0 aliphatic heterocycles. The second-order valence-corrected chi connectivity index (χ2v) is 9.24. The molecule has 7 nitrogen and oxygen atoms in total. The second kappa shape index (κ2) is 9.87. The molecule has 10 heteroatoms. The fourth-order valence-electron chi connectivity index (χ4n) is 2.52. The van der Waals surface area contributed by atoms with E-state index in [1.807, 2.05) is 0 Å². The lowest BCUT2D eigenvalue weighted by molar-refractivity contribution is -0.112. The highest BCUT2D eigenvalue weighted by molar-refractivity contribution is 9.10. The predicted octanol–water partition coefficient (Wildman–Crippen LogP) is 5.12. The van der Waals surface area contributed by atoms with Gasteiger partial charge in [0.25, 0.3) is 5.91 Å². The van der Waals surface area contributed by atoms with Crippen molar-refractivity contribution in [3.63, 3.8) is 0 Å². The van der Waals surface area contributed by atoms with Crippen LogP contribution in [0, 0.1) is 11.3 Å². The molecule has 0 saturated carbocycles. The van der Waals surface area contributed by atoms with Crippen molar-refractivity contribution in [1.29, 1.82) is 5.26 Å². The van der Waals surface area contributed by atoms with Crippen LogP contribution in [0.15, 0.2) is 81.7 Å². The molecule has 2 N–H and O–H groups in total. The third kappa shape index (κ3) is 5.88. The van der Waals surface area contributed by atoms with Crippen LogP contribution in [0.3, 0.4) is 0 Å². The summed E-state index contributed by atoms with van der Waals surface area (Å²) in [4.78, 5) is 12.4. The van der Waals surface area contributed by atoms with Gasteiger partial charge in [-0.2, -0.15) is 13.7 Å². The van der Waals surface area contributed by atoms with Gasteiger partial charge in [-0.25, -0.2) is 0 Å². The van der Waals surface area contributed by atoms with Gasteiger partial charge in [-0.1, -0.05) is 27.5 Å². The number of nitrogens with zero attached hydrogens (tertiary/aromatic N) is 1. The van der Waals surface area contributed by atoms with E-state index in [1.165, 1.54) is 66.7 Å². The zero-order valence-electron chi connectivity index (χ0n) is 16.1. The fourth-order valence-corrected chi connectivity index (χ4v) is 3.98. The smallest absolute Gasteiger partial charge is 0.339 e. The number of aromatic hydroxyl groups is 1. The van der Waals surface area contributed by atoms with E-state index in [2.05, 4.69) is 21.2 Å². The predicted molar refractivity (Wildman–Crippen MR) is 124 cm³/mol. The standard InChI is InChI=1S/C22H14BrClN2O5S/c23-16-1-10-21(31-32(29,30)20-8-2-17(24)3-9-20)14(12-16)11-15(13-25)22(28)26-18-4-6-19(27)7-5-18/h1-12,27H,(H,26,28)/b15-11+. The Kier molecular flexibility index (Phi) is 7.20. The molecular formula is C22H14BrClN2O5S. The molecule has 162 valence electrons. The highest BCUT2D eigenvalue weighted by atomic mass is 79.9. The average Bonchev–Trinajstić information content (AvgIpc) is 2.75. The summed E-state index contributed by atoms with van der Waals surface area (Å²) in [7, 11) is -4.19. The second-order valence-electron chi connectivity index (χ2n) is 6.34. The van der Waals surface area contributed by atoms with E-state index in [1.54, 1.807) is 12.1 Å². The molecular weight excluding hydrogens is 520 g/mol. The molecule has 0 unspecified atom stereocenters. The summed E-state index contributed by atoms with van der Waals surface area (Å²) in [5.74, 6) is -0.769. The number of rotatable bonds is 6. The molecule has 0 heterocycles. The van der Waals surface area contributed by atoms with Crippen LogP contribution < -0.4 is 9.50 Å². The molecule has 1 amide bonds. The van der Waals surface area contributed by atoms with Crippen LogP contribution in [-0.4, -0.2) is 19.4 Å². The number of halogens is 2. The van der Waals surface area contributed by atoms with Crippen LogP contribution in [-0.2, 0) is 14.9 Å². The first-order valence-electron chi connectivity index (χ1n) is 8.90. The summed E-state index contributed by atoms with van der Waals surface area (Å²) >= 11 is 9.09. The van der Waals surface area contributed by atoms with Gasteiger partial charge in [0.15, 0.2) is 0 Å². The van der Waals surface area contributed by atoms with E-state index >= 15 is 0 Å². The van der Waals surface area contributed by atoms with Gasteiger partial charge in [-0.15, -0.1) is 0 Å². The molecule has 0 aromatic heterocycles. The van der Waals surface area contributed by atoms with Gasteiger partial charge in [-0.05, 0) is 72.8 Å². The number of phenolic OH excluding ortho intramolecular Hbond substituents is 1. The molecule has 3 aromatic carbocycles. The zero-order chi connectivity index (χ0) is 23.3. The van der Waals surface area contributed by atoms with E-state index in [9.17, 15) is 23.6 Å². The van der Waals surface area contributed by atoms with Gasteiger partial charge in [0, 0.05) is 20.7 Å². The lowest BCUT2D eigenvalue weighted by atomic mass is 10.1. The number of anilines is 1. The molecule has 3 rings (SSSR count). The van der Waals surface area contributed by atoms with Crippen molar-refractivity contribution in [3.8, 4) is 17.6 Å². The van der Waals surface area contributed by atoms with Crippen LogP contribution in [0.2, 0.25) is 5.02 Å². The summed E-state index contributed by atoms with van der Waals surface area (Å²) in [6.07, 6.45) is 1.22. The molecule has 0 radical (unpaired) electrons. The quantitative estimate of drug-likeness (QED) is 0.197. The summed E-state index contributed by atoms with van der Waals surface area (Å²) in [5.41, 5.74) is 0.268. The van der Waals surface area contributed by atoms with Crippen molar-refractivity contribution in [1.82, 2.24) is 0 Å². The molecule has 0 bridgehead atoms. The lowest BCUT2D eigenvalue weighted by Gasteiger charge is -2.11. The largest absolute Gasteiger partial charge is 0.508 e. The van der Waals surface area contributed by atoms with Gasteiger partial charge in [0.2, 0.25) is 0 Å². The van der Waals surface area contributed by atoms with Crippen LogP contribution in [0.1, 0.15) is 5.56 Å². The molecule has 0 aliphatic carbocycles. The van der Waals surface area contributed by atoms with E-state index in [4.69, 9.17) is 15.8 Å². The van der Waals surface area contributed by atoms with Crippen molar-refractivity contribution in [2.24, 2.45) is 0 Å². The van der Waals surface area contributed by atoms with E-state index in [0.29, 0.717) is 15.2 Å². The van der Waals surface area contributed by atoms with Crippen LogP contribution in [0.4, 0.5) is 5.69 Å². The van der Waals surface area contributed by atoms with E-state index < -0.39 is 16.0 Å². The molecule has 0 fully saturated rings. The summed E-state index contributed by atoms with van der Waals surface area (Å²) in [6, 6.07) is 17.4. The molecule has 3 aromatic rings. The lowest BCUT2D eigenvalue weighted by Crippen LogP contribution is -2.14.